The van der Waals surface area contributed by atoms with Gasteiger partial charge in [-0.3, -0.25) is 5.43 Å². The van der Waals surface area contributed by atoms with Crippen LogP contribution in [0.25, 0.3) is 0 Å². The van der Waals surface area contributed by atoms with Crippen LogP contribution in [-0.4, -0.2) is 17.0 Å². The van der Waals surface area contributed by atoms with Crippen molar-refractivity contribution in [1.82, 2.24) is 5.43 Å². The van der Waals surface area contributed by atoms with Crippen molar-refractivity contribution in [1.29, 1.82) is 0 Å². The third-order valence-corrected chi connectivity index (χ3v) is 2.18. The summed E-state index contributed by atoms with van der Waals surface area (Å²) in [6.45, 7) is 8.31. The molecule has 1 unspecified atom stereocenters. The molecule has 1 rings (SSSR count). The Hall–Kier alpha value is -0.830. The van der Waals surface area contributed by atoms with Gasteiger partial charge < -0.3 is 5.11 Å². The van der Waals surface area contributed by atoms with Crippen LogP contribution in [0.1, 0.15) is 34.1 Å². The molecule has 0 aromatic carbocycles. The largest absolute Gasteiger partial charge is 0.368 e. The summed E-state index contributed by atoms with van der Waals surface area (Å²) in [4.78, 5) is 0. The minimum absolute atomic E-state index is 0.0111. The summed E-state index contributed by atoms with van der Waals surface area (Å²) < 4.78 is 0. The van der Waals surface area contributed by atoms with Gasteiger partial charge in [0.15, 0.2) is 6.23 Å². The zero-order chi connectivity index (χ0) is 10.1. The number of hydrogen-bond donors (Lipinski definition) is 2. The Morgan fingerprint density at radius 2 is 2.15 bits per heavy atom. The number of allylic oxidation sites excluding steroid dienone is 1. The van der Waals surface area contributed by atoms with Crippen LogP contribution in [0.4, 0.5) is 0 Å². The molecule has 1 aliphatic heterocycles. The van der Waals surface area contributed by atoms with Crippen LogP contribution in [0.3, 0.4) is 0 Å². The Kier molecular flexibility index (Phi) is 2.76. The van der Waals surface area contributed by atoms with Crippen LogP contribution in [-0.2, 0) is 0 Å². The lowest BCUT2D eigenvalue weighted by atomic mass is 9.84. The number of aliphatic hydroxyl groups excluding tert-OH is 1. The third-order valence-electron chi connectivity index (χ3n) is 2.18. The van der Waals surface area contributed by atoms with Crippen LogP contribution in [0.2, 0.25) is 0 Å². The maximum atomic E-state index is 9.63. The molecular weight excluding hydrogens is 164 g/mol. The summed E-state index contributed by atoms with van der Waals surface area (Å²) in [5.74, 6) is 0. The molecule has 0 spiro atoms. The third kappa shape index (κ3) is 2.31. The fourth-order valence-electron chi connectivity index (χ4n) is 1.31. The predicted molar refractivity (Wildman–Crippen MR) is 54.4 cm³/mol. The van der Waals surface area contributed by atoms with Gasteiger partial charge in [-0.2, -0.15) is 5.10 Å². The average Bonchev–Trinajstić information content (AvgIpc) is 2.03. The topological polar surface area (TPSA) is 44.6 Å². The Labute approximate surface area is 79.5 Å². The van der Waals surface area contributed by atoms with Gasteiger partial charge in [0.1, 0.15) is 0 Å². The zero-order valence-corrected chi connectivity index (χ0v) is 8.76. The fourth-order valence-corrected chi connectivity index (χ4v) is 1.31. The molecule has 0 bridgehead atoms. The van der Waals surface area contributed by atoms with Crippen molar-refractivity contribution < 1.29 is 5.11 Å². The van der Waals surface area contributed by atoms with Gasteiger partial charge in [0.2, 0.25) is 0 Å². The number of rotatable bonds is 1. The van der Waals surface area contributed by atoms with Crippen LogP contribution >= 0.6 is 0 Å². The van der Waals surface area contributed by atoms with Crippen LogP contribution < -0.4 is 5.43 Å². The average molecular weight is 182 g/mol. The molecule has 1 aliphatic rings. The first-order chi connectivity index (χ1) is 5.95. The van der Waals surface area contributed by atoms with E-state index in [1.807, 2.05) is 6.08 Å². The zero-order valence-electron chi connectivity index (χ0n) is 8.76. The monoisotopic (exact) mass is 182 g/mol. The lowest BCUT2D eigenvalue weighted by Gasteiger charge is -2.29. The van der Waals surface area contributed by atoms with Crippen molar-refractivity contribution >= 4 is 5.71 Å². The summed E-state index contributed by atoms with van der Waals surface area (Å²) >= 11 is 0. The highest BCUT2D eigenvalue weighted by atomic mass is 16.3. The Bertz CT molecular complexity index is 248. The van der Waals surface area contributed by atoms with E-state index < -0.39 is 6.23 Å². The second-order valence-corrected chi connectivity index (χ2v) is 4.34. The fraction of sp³-hybridized carbons (Fsp3) is 0.700. The minimum atomic E-state index is -0.629. The van der Waals surface area contributed by atoms with Gasteiger partial charge in [0.05, 0.1) is 5.71 Å². The summed E-state index contributed by atoms with van der Waals surface area (Å²) in [5, 5.41) is 13.7. The van der Waals surface area contributed by atoms with Crippen molar-refractivity contribution in [2.75, 3.05) is 0 Å². The van der Waals surface area contributed by atoms with Gasteiger partial charge in [-0.25, -0.2) is 0 Å². The first kappa shape index (κ1) is 10.3. The molecule has 13 heavy (non-hydrogen) atoms. The summed E-state index contributed by atoms with van der Waals surface area (Å²) in [7, 11) is 0. The number of hydrogen-bond acceptors (Lipinski definition) is 3. The van der Waals surface area contributed by atoms with Crippen molar-refractivity contribution in [2.45, 2.75) is 40.3 Å². The molecular formula is C10H18N2O. The Morgan fingerprint density at radius 3 is 2.62 bits per heavy atom. The van der Waals surface area contributed by atoms with E-state index in [0.717, 1.165) is 17.7 Å². The summed E-state index contributed by atoms with van der Waals surface area (Å²) in [6, 6.07) is 0. The lowest BCUT2D eigenvalue weighted by Crippen LogP contribution is -2.36. The van der Waals surface area contributed by atoms with E-state index in [1.165, 1.54) is 0 Å². The molecule has 2 N–H and O–H groups in total. The second kappa shape index (κ2) is 3.50. The van der Waals surface area contributed by atoms with E-state index in [0.29, 0.717) is 0 Å². The van der Waals surface area contributed by atoms with Crippen molar-refractivity contribution in [3.63, 3.8) is 0 Å². The highest BCUT2D eigenvalue weighted by molar-refractivity contribution is 5.95. The van der Waals surface area contributed by atoms with Crippen molar-refractivity contribution in [3.05, 3.63) is 11.6 Å². The molecule has 3 heteroatoms. The van der Waals surface area contributed by atoms with Gasteiger partial charge in [0, 0.05) is 0 Å². The van der Waals surface area contributed by atoms with Gasteiger partial charge in [-0.15, -0.1) is 0 Å². The van der Waals surface area contributed by atoms with E-state index >= 15 is 0 Å². The molecule has 1 atom stereocenters. The number of aliphatic hydroxyl groups is 1. The lowest BCUT2D eigenvalue weighted by molar-refractivity contribution is 0.149. The normalized spacial score (nSPS) is 23.3. The van der Waals surface area contributed by atoms with E-state index in [1.54, 1.807) is 0 Å². The maximum Gasteiger partial charge on any atom is 0.162 e. The minimum Gasteiger partial charge on any atom is -0.368 e. The smallest absolute Gasteiger partial charge is 0.162 e. The molecule has 1 heterocycles. The predicted octanol–water partition coefficient (Wildman–Crippen LogP) is 1.65. The van der Waals surface area contributed by atoms with Crippen LogP contribution in [0.5, 0.6) is 0 Å². The molecule has 0 radical (unpaired) electrons. The first-order valence-corrected chi connectivity index (χ1v) is 4.67. The van der Waals surface area contributed by atoms with E-state index in [9.17, 15) is 5.11 Å². The van der Waals surface area contributed by atoms with E-state index in [2.05, 4.69) is 38.2 Å². The van der Waals surface area contributed by atoms with Gasteiger partial charge in [-0.05, 0) is 23.5 Å². The SMILES string of the molecule is CCC1=NNC(O)C(C(C)(C)C)=C1. The number of nitrogens with one attached hydrogen (secondary N) is 1. The molecule has 0 aromatic rings. The Balaban J connectivity index is 2.92. The van der Waals surface area contributed by atoms with Gasteiger partial charge >= 0.3 is 0 Å². The van der Waals surface area contributed by atoms with Crippen molar-refractivity contribution in [3.8, 4) is 0 Å². The highest BCUT2D eigenvalue weighted by Gasteiger charge is 2.26. The molecule has 0 saturated heterocycles. The molecule has 0 aromatic heterocycles. The molecule has 0 amide bonds. The second-order valence-electron chi connectivity index (χ2n) is 4.34. The molecule has 0 aliphatic carbocycles. The molecule has 0 saturated carbocycles. The standard InChI is InChI=1S/C10H18N2O/c1-5-7-6-8(10(2,3)4)9(13)12-11-7/h6,9,12-13H,5H2,1-4H3. The van der Waals surface area contributed by atoms with E-state index in [-0.39, 0.29) is 5.41 Å². The van der Waals surface area contributed by atoms with Crippen LogP contribution in [0, 0.1) is 5.41 Å². The van der Waals surface area contributed by atoms with Gasteiger partial charge in [-0.1, -0.05) is 27.7 Å². The Morgan fingerprint density at radius 1 is 1.54 bits per heavy atom. The molecule has 0 fully saturated rings. The first-order valence-electron chi connectivity index (χ1n) is 4.67. The number of nitrogens with zero attached hydrogens (tertiary/aromatic N) is 1. The maximum absolute atomic E-state index is 9.63. The van der Waals surface area contributed by atoms with Gasteiger partial charge in [0.25, 0.3) is 0 Å². The summed E-state index contributed by atoms with van der Waals surface area (Å²) in [6.07, 6.45) is 2.25. The number of hydrazone groups is 1. The van der Waals surface area contributed by atoms with E-state index in [4.69, 9.17) is 0 Å². The molecule has 74 valence electrons. The highest BCUT2D eigenvalue weighted by Crippen LogP contribution is 2.28. The van der Waals surface area contributed by atoms with Crippen molar-refractivity contribution in [2.24, 2.45) is 10.5 Å². The molecule has 3 nitrogen and oxygen atoms in total. The van der Waals surface area contributed by atoms with Crippen LogP contribution in [0.15, 0.2) is 16.8 Å². The quantitative estimate of drug-likeness (QED) is 0.647. The summed E-state index contributed by atoms with van der Waals surface area (Å²) in [5.41, 5.74) is 4.70.